The van der Waals surface area contributed by atoms with Crippen LogP contribution in [0.4, 0.5) is 8.78 Å². The first-order valence-electron chi connectivity index (χ1n) is 11.4. The van der Waals surface area contributed by atoms with E-state index in [-0.39, 0.29) is 22.7 Å². The number of benzene rings is 1. The Morgan fingerprint density at radius 2 is 1.77 bits per heavy atom. The normalized spacial score (nSPS) is 27.4. The Hall–Kier alpha value is -1.89. The summed E-state index contributed by atoms with van der Waals surface area (Å²) in [5, 5.41) is 3.70. The van der Waals surface area contributed by atoms with Gasteiger partial charge in [0.2, 0.25) is 0 Å². The molecule has 3 heterocycles. The first-order valence-corrected chi connectivity index (χ1v) is 11.4. The van der Waals surface area contributed by atoms with Crippen molar-refractivity contribution in [3.8, 4) is 0 Å². The third-order valence-electron chi connectivity index (χ3n) is 7.46. The lowest BCUT2D eigenvalue weighted by Gasteiger charge is -2.49. The van der Waals surface area contributed by atoms with Crippen LogP contribution in [-0.2, 0) is 27.7 Å². The summed E-state index contributed by atoms with van der Waals surface area (Å²) < 4.78 is 39.0. The van der Waals surface area contributed by atoms with E-state index < -0.39 is 0 Å². The largest absolute Gasteiger partial charge is 0.381 e. The highest BCUT2D eigenvalue weighted by Crippen LogP contribution is 2.47. The van der Waals surface area contributed by atoms with E-state index in [1.54, 1.807) is 12.1 Å². The second-order valence-corrected chi connectivity index (χ2v) is 9.43. The quantitative estimate of drug-likeness (QED) is 0.779. The molecule has 1 N–H and O–H groups in total. The van der Waals surface area contributed by atoms with Crippen LogP contribution >= 0.6 is 0 Å². The van der Waals surface area contributed by atoms with Crippen LogP contribution in [0.5, 0.6) is 0 Å². The Morgan fingerprint density at radius 1 is 0.968 bits per heavy atom. The van der Waals surface area contributed by atoms with Crippen LogP contribution in [-0.4, -0.2) is 43.0 Å². The summed E-state index contributed by atoms with van der Waals surface area (Å²) in [5.74, 6) is -0.467. The molecule has 2 atom stereocenters. The minimum absolute atomic E-state index is 0.145. The molecule has 0 radical (unpaired) electrons. The first kappa shape index (κ1) is 21.0. The zero-order valence-electron chi connectivity index (χ0n) is 17.8. The topological polar surface area (TPSA) is 43.4 Å². The van der Waals surface area contributed by atoms with E-state index in [1.807, 2.05) is 12.1 Å². The standard InChI is InChI=1S/C25H30F2N2O2/c26-20-2-1-18-14-22(15-19(18)13-20)28-9-5-24(23-4-3-21(27)16-29-23)6-12-31-25(17-24)7-10-30-11-8-25/h1-4,13,16,22,28H,5-12,14-15,17H2. The molecule has 2 aliphatic heterocycles. The molecule has 2 unspecified atom stereocenters. The van der Waals surface area contributed by atoms with Crippen molar-refractivity contribution in [2.75, 3.05) is 26.4 Å². The molecule has 5 rings (SSSR count). The van der Waals surface area contributed by atoms with Gasteiger partial charge in [0.05, 0.1) is 11.8 Å². The van der Waals surface area contributed by atoms with E-state index in [1.165, 1.54) is 17.8 Å². The Bertz CT molecular complexity index is 909. The van der Waals surface area contributed by atoms with Gasteiger partial charge >= 0.3 is 0 Å². The summed E-state index contributed by atoms with van der Waals surface area (Å²) in [4.78, 5) is 4.51. The van der Waals surface area contributed by atoms with Crippen LogP contribution in [0.1, 0.15) is 48.9 Å². The average Bonchev–Trinajstić information content (AvgIpc) is 3.16. The first-order chi connectivity index (χ1) is 15.1. The van der Waals surface area contributed by atoms with Gasteiger partial charge in [-0.1, -0.05) is 6.07 Å². The fourth-order valence-corrected chi connectivity index (χ4v) is 5.78. The van der Waals surface area contributed by atoms with Crippen molar-refractivity contribution in [3.05, 3.63) is 65.0 Å². The van der Waals surface area contributed by atoms with Gasteiger partial charge in [-0.2, -0.15) is 0 Å². The number of halogens is 2. The number of aromatic nitrogens is 1. The highest BCUT2D eigenvalue weighted by atomic mass is 19.1. The fraction of sp³-hybridized carbons (Fsp3) is 0.560. The molecule has 2 saturated heterocycles. The number of pyridine rings is 1. The molecule has 1 aromatic carbocycles. The summed E-state index contributed by atoms with van der Waals surface area (Å²) in [6.07, 6.45) is 7.60. The molecule has 2 aromatic rings. The fourth-order valence-electron chi connectivity index (χ4n) is 5.78. The summed E-state index contributed by atoms with van der Waals surface area (Å²) in [6.45, 7) is 2.98. The van der Waals surface area contributed by atoms with Gasteiger partial charge in [-0.3, -0.25) is 4.98 Å². The maximum Gasteiger partial charge on any atom is 0.141 e. The molecule has 31 heavy (non-hydrogen) atoms. The van der Waals surface area contributed by atoms with E-state index in [0.717, 1.165) is 76.0 Å². The molecule has 6 heteroatoms. The van der Waals surface area contributed by atoms with E-state index in [2.05, 4.69) is 10.3 Å². The van der Waals surface area contributed by atoms with Crippen molar-refractivity contribution in [1.29, 1.82) is 0 Å². The van der Waals surface area contributed by atoms with E-state index in [4.69, 9.17) is 9.47 Å². The molecular weight excluding hydrogens is 398 g/mol. The second-order valence-electron chi connectivity index (χ2n) is 9.43. The Labute approximate surface area is 182 Å². The maximum absolute atomic E-state index is 13.6. The number of nitrogens with zero attached hydrogens (tertiary/aromatic N) is 1. The van der Waals surface area contributed by atoms with Gasteiger partial charge in [-0.25, -0.2) is 8.78 Å². The smallest absolute Gasteiger partial charge is 0.141 e. The van der Waals surface area contributed by atoms with E-state index in [0.29, 0.717) is 12.6 Å². The van der Waals surface area contributed by atoms with Crippen molar-refractivity contribution in [1.82, 2.24) is 10.3 Å². The van der Waals surface area contributed by atoms with Crippen LogP contribution in [0.3, 0.4) is 0 Å². The van der Waals surface area contributed by atoms with E-state index >= 15 is 0 Å². The van der Waals surface area contributed by atoms with Crippen LogP contribution in [0, 0.1) is 11.6 Å². The SMILES string of the molecule is Fc1ccc(C2(CCNC3Cc4ccc(F)cc4C3)CCOC3(CCOCC3)C2)nc1. The van der Waals surface area contributed by atoms with Crippen molar-refractivity contribution in [2.24, 2.45) is 0 Å². The van der Waals surface area contributed by atoms with Crippen molar-refractivity contribution in [3.63, 3.8) is 0 Å². The van der Waals surface area contributed by atoms with Crippen LogP contribution in [0.15, 0.2) is 36.5 Å². The van der Waals surface area contributed by atoms with Crippen LogP contribution < -0.4 is 5.32 Å². The Kier molecular flexibility index (Phi) is 5.80. The van der Waals surface area contributed by atoms with Gasteiger partial charge in [0.1, 0.15) is 11.6 Å². The zero-order chi connectivity index (χ0) is 21.3. The number of rotatable bonds is 5. The van der Waals surface area contributed by atoms with Crippen molar-refractivity contribution >= 4 is 0 Å². The molecule has 166 valence electrons. The average molecular weight is 429 g/mol. The second kappa shape index (κ2) is 8.57. The predicted octanol–water partition coefficient (Wildman–Crippen LogP) is 4.10. The molecule has 3 aliphatic rings. The molecular formula is C25H30F2N2O2. The molecule has 0 amide bonds. The molecule has 0 bridgehead atoms. The van der Waals surface area contributed by atoms with Crippen LogP contribution in [0.25, 0.3) is 0 Å². The number of hydrogen-bond acceptors (Lipinski definition) is 4. The van der Waals surface area contributed by atoms with E-state index in [9.17, 15) is 8.78 Å². The molecule has 2 fully saturated rings. The predicted molar refractivity (Wildman–Crippen MR) is 114 cm³/mol. The Balaban J connectivity index is 1.30. The molecule has 4 nitrogen and oxygen atoms in total. The lowest BCUT2D eigenvalue weighted by Crippen LogP contribution is -2.51. The number of hydrogen-bond donors (Lipinski definition) is 1. The van der Waals surface area contributed by atoms with Gasteiger partial charge in [-0.15, -0.1) is 0 Å². The summed E-state index contributed by atoms with van der Waals surface area (Å²) in [7, 11) is 0. The lowest BCUT2D eigenvalue weighted by atomic mass is 9.66. The minimum Gasteiger partial charge on any atom is -0.381 e. The van der Waals surface area contributed by atoms with Gasteiger partial charge in [-0.05, 0) is 86.9 Å². The maximum atomic E-state index is 13.6. The summed E-state index contributed by atoms with van der Waals surface area (Å²) in [6, 6.07) is 8.81. The van der Waals surface area contributed by atoms with Crippen molar-refractivity contribution < 1.29 is 18.3 Å². The molecule has 1 aromatic heterocycles. The number of nitrogens with one attached hydrogen (secondary N) is 1. The molecule has 1 aliphatic carbocycles. The zero-order valence-corrected chi connectivity index (χ0v) is 17.8. The van der Waals surface area contributed by atoms with Gasteiger partial charge in [0.15, 0.2) is 0 Å². The highest BCUT2D eigenvalue weighted by molar-refractivity contribution is 5.34. The molecule has 1 spiro atoms. The van der Waals surface area contributed by atoms with Crippen molar-refractivity contribution in [2.45, 2.75) is 62.0 Å². The lowest BCUT2D eigenvalue weighted by molar-refractivity contribution is -0.154. The molecule has 0 saturated carbocycles. The van der Waals surface area contributed by atoms with Gasteiger partial charge < -0.3 is 14.8 Å². The third-order valence-corrected chi connectivity index (χ3v) is 7.46. The minimum atomic E-state index is -0.305. The Morgan fingerprint density at radius 3 is 2.58 bits per heavy atom. The summed E-state index contributed by atoms with van der Waals surface area (Å²) in [5.41, 5.74) is 2.99. The van der Waals surface area contributed by atoms with Crippen LogP contribution in [0.2, 0.25) is 0 Å². The third kappa shape index (κ3) is 4.38. The van der Waals surface area contributed by atoms with Gasteiger partial charge in [0, 0.05) is 37.0 Å². The number of fused-ring (bicyclic) bond motifs is 1. The monoisotopic (exact) mass is 428 g/mol. The summed E-state index contributed by atoms with van der Waals surface area (Å²) >= 11 is 0. The number of ether oxygens (including phenoxy) is 2. The van der Waals surface area contributed by atoms with Gasteiger partial charge in [0.25, 0.3) is 0 Å². The highest BCUT2D eigenvalue weighted by Gasteiger charge is 2.48.